The number of fused-ring (bicyclic) bond motifs is 1. The number of nitrogens with zero attached hydrogens (tertiary/aromatic N) is 2. The highest BCUT2D eigenvalue weighted by molar-refractivity contribution is 8.01. The molecular formula is C14H10N2O3S2. The predicted molar refractivity (Wildman–Crippen MR) is 81.0 cm³/mol. The van der Waals surface area contributed by atoms with Crippen LogP contribution in [0.2, 0.25) is 0 Å². The summed E-state index contributed by atoms with van der Waals surface area (Å²) < 4.78 is 11.4. The summed E-state index contributed by atoms with van der Waals surface area (Å²) in [5.74, 6) is 0.417. The molecule has 2 aromatic heterocycles. The Morgan fingerprint density at radius 3 is 2.81 bits per heavy atom. The number of hydrogen-bond acceptors (Lipinski definition) is 7. The average Bonchev–Trinajstić information content (AvgIpc) is 2.89. The Bertz CT molecular complexity index is 774. The molecule has 0 radical (unpaired) electrons. The molecular weight excluding hydrogens is 308 g/mol. The van der Waals surface area contributed by atoms with Crippen LogP contribution in [0.1, 0.15) is 0 Å². The van der Waals surface area contributed by atoms with E-state index in [-0.39, 0.29) is 0 Å². The second-order valence-electron chi connectivity index (χ2n) is 3.95. The van der Waals surface area contributed by atoms with E-state index in [2.05, 4.69) is 14.7 Å². The lowest BCUT2D eigenvalue weighted by atomic mass is 10.3. The summed E-state index contributed by atoms with van der Waals surface area (Å²) in [6.07, 6.45) is 2.76. The molecule has 1 aromatic carbocycles. The lowest BCUT2D eigenvalue weighted by molar-refractivity contribution is 0.121. The van der Waals surface area contributed by atoms with Gasteiger partial charge in [0, 0.05) is 23.4 Å². The van der Waals surface area contributed by atoms with Crippen LogP contribution < -0.4 is 4.74 Å². The van der Waals surface area contributed by atoms with Crippen LogP contribution in [0.3, 0.4) is 0 Å². The van der Waals surface area contributed by atoms with Gasteiger partial charge in [0.15, 0.2) is 4.34 Å². The maximum Gasteiger partial charge on any atom is 0.513 e. The van der Waals surface area contributed by atoms with E-state index in [4.69, 9.17) is 4.74 Å². The van der Waals surface area contributed by atoms with Crippen molar-refractivity contribution in [2.45, 2.75) is 9.24 Å². The summed E-state index contributed by atoms with van der Waals surface area (Å²) in [4.78, 5) is 20.7. The highest BCUT2D eigenvalue weighted by atomic mass is 32.2. The molecule has 106 valence electrons. The molecule has 0 fully saturated rings. The summed E-state index contributed by atoms with van der Waals surface area (Å²) in [7, 11) is 1.27. The molecule has 0 aliphatic rings. The molecule has 0 atom stereocenters. The van der Waals surface area contributed by atoms with Crippen LogP contribution in [0.4, 0.5) is 4.79 Å². The maximum absolute atomic E-state index is 11.1. The smallest absolute Gasteiger partial charge is 0.437 e. The first-order valence-corrected chi connectivity index (χ1v) is 7.62. The Morgan fingerprint density at radius 1 is 1.24 bits per heavy atom. The Hall–Kier alpha value is -2.12. The third kappa shape index (κ3) is 3.32. The first-order chi connectivity index (χ1) is 10.2. The zero-order chi connectivity index (χ0) is 14.7. The minimum absolute atomic E-state index is 0.417. The summed E-state index contributed by atoms with van der Waals surface area (Å²) in [5.41, 5.74) is 0.790. The van der Waals surface area contributed by atoms with Crippen molar-refractivity contribution in [3.8, 4) is 5.75 Å². The van der Waals surface area contributed by atoms with E-state index in [0.29, 0.717) is 5.75 Å². The van der Waals surface area contributed by atoms with E-state index in [0.717, 1.165) is 19.5 Å². The zero-order valence-corrected chi connectivity index (χ0v) is 12.6. The molecule has 3 rings (SSSR count). The van der Waals surface area contributed by atoms with E-state index in [1.165, 1.54) is 7.11 Å². The average molecular weight is 318 g/mol. The Morgan fingerprint density at radius 2 is 2.05 bits per heavy atom. The van der Waals surface area contributed by atoms with Crippen molar-refractivity contribution in [1.29, 1.82) is 0 Å². The lowest BCUT2D eigenvalue weighted by Gasteiger charge is -2.01. The van der Waals surface area contributed by atoms with E-state index in [9.17, 15) is 4.79 Å². The Balaban J connectivity index is 1.84. The van der Waals surface area contributed by atoms with Crippen molar-refractivity contribution in [1.82, 2.24) is 9.97 Å². The SMILES string of the molecule is COC(=O)Oc1ccc2sc(Sc3ccncc3)nc2c1. The van der Waals surface area contributed by atoms with Gasteiger partial charge >= 0.3 is 6.16 Å². The van der Waals surface area contributed by atoms with Crippen LogP contribution in [-0.2, 0) is 4.74 Å². The maximum atomic E-state index is 11.1. The first kappa shape index (κ1) is 13.8. The molecule has 0 spiro atoms. The minimum atomic E-state index is -0.740. The summed E-state index contributed by atoms with van der Waals surface area (Å²) in [6.45, 7) is 0. The van der Waals surface area contributed by atoms with Gasteiger partial charge in [0.1, 0.15) is 5.75 Å². The highest BCUT2D eigenvalue weighted by Gasteiger charge is 2.09. The number of methoxy groups -OCH3 is 1. The minimum Gasteiger partial charge on any atom is -0.437 e. The second-order valence-corrected chi connectivity index (χ2v) is 6.30. The quantitative estimate of drug-likeness (QED) is 0.537. The lowest BCUT2D eigenvalue weighted by Crippen LogP contribution is -2.06. The van der Waals surface area contributed by atoms with Gasteiger partial charge in [-0.2, -0.15) is 0 Å². The molecule has 0 N–H and O–H groups in total. The Labute approximate surface area is 128 Å². The van der Waals surface area contributed by atoms with Gasteiger partial charge in [-0.25, -0.2) is 9.78 Å². The number of rotatable bonds is 3. The van der Waals surface area contributed by atoms with Crippen molar-refractivity contribution in [2.75, 3.05) is 7.11 Å². The molecule has 0 amide bonds. The molecule has 2 heterocycles. The van der Waals surface area contributed by atoms with E-state index < -0.39 is 6.16 Å². The second kappa shape index (κ2) is 6.11. The topological polar surface area (TPSA) is 61.3 Å². The molecule has 0 aliphatic carbocycles. The number of carbonyl (C=O) groups is 1. The van der Waals surface area contributed by atoms with Crippen LogP contribution in [0, 0.1) is 0 Å². The molecule has 21 heavy (non-hydrogen) atoms. The molecule has 7 heteroatoms. The highest BCUT2D eigenvalue weighted by Crippen LogP contribution is 2.35. The van der Waals surface area contributed by atoms with Crippen molar-refractivity contribution < 1.29 is 14.3 Å². The van der Waals surface area contributed by atoms with Crippen molar-refractivity contribution in [2.24, 2.45) is 0 Å². The van der Waals surface area contributed by atoms with Gasteiger partial charge in [0.2, 0.25) is 0 Å². The van der Waals surface area contributed by atoms with Crippen molar-refractivity contribution >= 4 is 39.5 Å². The monoisotopic (exact) mass is 318 g/mol. The third-order valence-corrected chi connectivity index (χ3v) is 4.67. The third-order valence-electron chi connectivity index (χ3n) is 2.56. The molecule has 5 nitrogen and oxygen atoms in total. The Kier molecular flexibility index (Phi) is 4.03. The first-order valence-electron chi connectivity index (χ1n) is 5.99. The van der Waals surface area contributed by atoms with Crippen molar-refractivity contribution in [3.63, 3.8) is 0 Å². The number of ether oxygens (including phenoxy) is 2. The fourth-order valence-corrected chi connectivity index (χ4v) is 3.64. The van der Waals surface area contributed by atoms with Gasteiger partial charge in [-0.3, -0.25) is 4.98 Å². The number of hydrogen-bond donors (Lipinski definition) is 0. The molecule has 0 aliphatic heterocycles. The number of carbonyl (C=O) groups excluding carboxylic acids is 1. The van der Waals surface area contributed by atoms with Crippen LogP contribution >= 0.6 is 23.1 Å². The fraction of sp³-hybridized carbons (Fsp3) is 0.0714. The van der Waals surface area contributed by atoms with Crippen molar-refractivity contribution in [3.05, 3.63) is 42.7 Å². The zero-order valence-electron chi connectivity index (χ0n) is 11.0. The van der Waals surface area contributed by atoms with Gasteiger partial charge in [0.05, 0.1) is 17.3 Å². The molecule has 0 unspecified atom stereocenters. The van der Waals surface area contributed by atoms with Gasteiger partial charge in [-0.15, -0.1) is 11.3 Å². The fourth-order valence-electron chi connectivity index (χ4n) is 1.64. The van der Waals surface area contributed by atoms with Gasteiger partial charge < -0.3 is 9.47 Å². The molecule has 0 saturated carbocycles. The summed E-state index contributed by atoms with van der Waals surface area (Å²) in [5, 5.41) is 0. The molecule has 0 bridgehead atoms. The number of pyridine rings is 1. The normalized spacial score (nSPS) is 10.5. The standard InChI is InChI=1S/C14H10N2O3S2/c1-18-14(17)19-9-2-3-12-11(8-9)16-13(21-12)20-10-4-6-15-7-5-10/h2-8H,1H3. The molecule has 3 aromatic rings. The van der Waals surface area contributed by atoms with Crippen LogP contribution in [0.15, 0.2) is 52.0 Å². The van der Waals surface area contributed by atoms with E-state index >= 15 is 0 Å². The largest absolute Gasteiger partial charge is 0.513 e. The van der Waals surface area contributed by atoms with Crippen LogP contribution in [-0.4, -0.2) is 23.2 Å². The number of benzene rings is 1. The van der Waals surface area contributed by atoms with E-state index in [1.54, 1.807) is 47.6 Å². The number of aromatic nitrogens is 2. The molecule has 0 saturated heterocycles. The predicted octanol–water partition coefficient (Wildman–Crippen LogP) is 3.99. The van der Waals surface area contributed by atoms with Gasteiger partial charge in [0.25, 0.3) is 0 Å². The number of thiazole rings is 1. The van der Waals surface area contributed by atoms with Gasteiger partial charge in [-0.05, 0) is 24.3 Å². The van der Waals surface area contributed by atoms with Gasteiger partial charge in [-0.1, -0.05) is 11.8 Å². The van der Waals surface area contributed by atoms with E-state index in [1.807, 2.05) is 18.2 Å². The van der Waals surface area contributed by atoms with Crippen LogP contribution in [0.25, 0.3) is 10.2 Å². The van der Waals surface area contributed by atoms with Crippen LogP contribution in [0.5, 0.6) is 5.75 Å². The summed E-state index contributed by atoms with van der Waals surface area (Å²) in [6, 6.07) is 9.19. The summed E-state index contributed by atoms with van der Waals surface area (Å²) >= 11 is 3.16.